The van der Waals surface area contributed by atoms with E-state index in [1.165, 1.54) is 25.3 Å². The third-order valence-electron chi connectivity index (χ3n) is 4.03. The standard InChI is InChI=1S/C19H17N3O5/c1-10-4-12(5-15(9-20)17(23)21-3)11(2)22(10)16-7-13(18(24)25)6-14(8-16)19(26)27/h4-8H,1-3H3,(H,21,23)(H,24,25)(H,26,27)/b15-5-. The number of hydrogen-bond donors (Lipinski definition) is 3. The normalized spacial score (nSPS) is 11.0. The van der Waals surface area contributed by atoms with Crippen LogP contribution in [0.15, 0.2) is 29.8 Å². The monoisotopic (exact) mass is 367 g/mol. The van der Waals surface area contributed by atoms with Gasteiger partial charge in [0.05, 0.1) is 11.1 Å². The number of aromatic nitrogens is 1. The van der Waals surface area contributed by atoms with Crippen LogP contribution in [-0.2, 0) is 4.79 Å². The minimum atomic E-state index is -1.24. The topological polar surface area (TPSA) is 132 Å². The molecule has 0 radical (unpaired) electrons. The molecule has 1 aromatic heterocycles. The molecule has 0 aliphatic carbocycles. The second kappa shape index (κ2) is 7.58. The highest BCUT2D eigenvalue weighted by molar-refractivity contribution is 6.01. The number of amides is 1. The highest BCUT2D eigenvalue weighted by atomic mass is 16.4. The first-order valence-electron chi connectivity index (χ1n) is 7.84. The molecule has 138 valence electrons. The van der Waals surface area contributed by atoms with E-state index in [9.17, 15) is 24.6 Å². The number of carbonyl (C=O) groups is 3. The van der Waals surface area contributed by atoms with E-state index in [1.807, 2.05) is 6.07 Å². The maximum atomic E-state index is 11.7. The Kier molecular flexibility index (Phi) is 5.46. The third kappa shape index (κ3) is 3.88. The third-order valence-corrected chi connectivity index (χ3v) is 4.03. The minimum absolute atomic E-state index is 0.0803. The number of rotatable bonds is 5. The fourth-order valence-corrected chi connectivity index (χ4v) is 2.76. The molecule has 0 fully saturated rings. The number of likely N-dealkylation sites (N-methyl/N-ethyl adjacent to an activating group) is 1. The van der Waals surface area contributed by atoms with Crippen LogP contribution in [0.4, 0.5) is 0 Å². The van der Waals surface area contributed by atoms with Gasteiger partial charge in [-0.25, -0.2) is 9.59 Å². The molecule has 8 nitrogen and oxygen atoms in total. The van der Waals surface area contributed by atoms with Crippen LogP contribution in [0.1, 0.15) is 37.7 Å². The van der Waals surface area contributed by atoms with Crippen molar-refractivity contribution >= 4 is 23.9 Å². The van der Waals surface area contributed by atoms with Crippen molar-refractivity contribution in [3.05, 3.63) is 57.9 Å². The van der Waals surface area contributed by atoms with E-state index >= 15 is 0 Å². The van der Waals surface area contributed by atoms with Crippen LogP contribution in [0.2, 0.25) is 0 Å². The summed E-state index contributed by atoms with van der Waals surface area (Å²) in [6.07, 6.45) is 1.43. The Morgan fingerprint density at radius 1 is 1.07 bits per heavy atom. The zero-order valence-corrected chi connectivity index (χ0v) is 14.9. The van der Waals surface area contributed by atoms with E-state index in [4.69, 9.17) is 5.26 Å². The second-order valence-electron chi connectivity index (χ2n) is 5.79. The first-order chi connectivity index (χ1) is 12.7. The molecular weight excluding hydrogens is 350 g/mol. The minimum Gasteiger partial charge on any atom is -0.478 e. The van der Waals surface area contributed by atoms with Crippen LogP contribution in [0.25, 0.3) is 11.8 Å². The number of hydrogen-bond acceptors (Lipinski definition) is 4. The molecule has 8 heteroatoms. The Morgan fingerprint density at radius 2 is 1.63 bits per heavy atom. The van der Waals surface area contributed by atoms with Crippen LogP contribution < -0.4 is 5.32 Å². The predicted octanol–water partition coefficient (Wildman–Crippen LogP) is 2.14. The van der Waals surface area contributed by atoms with Gasteiger partial charge in [-0.2, -0.15) is 5.26 Å². The number of nitriles is 1. The second-order valence-corrected chi connectivity index (χ2v) is 5.79. The molecule has 1 aromatic carbocycles. The lowest BCUT2D eigenvalue weighted by Gasteiger charge is -2.12. The van der Waals surface area contributed by atoms with Gasteiger partial charge >= 0.3 is 11.9 Å². The summed E-state index contributed by atoms with van der Waals surface area (Å²) in [7, 11) is 1.42. The van der Waals surface area contributed by atoms with E-state index in [2.05, 4.69) is 5.32 Å². The van der Waals surface area contributed by atoms with Crippen molar-refractivity contribution in [1.29, 1.82) is 5.26 Å². The van der Waals surface area contributed by atoms with Crippen molar-refractivity contribution in [2.45, 2.75) is 13.8 Å². The first-order valence-corrected chi connectivity index (χ1v) is 7.84. The molecule has 1 heterocycles. The van der Waals surface area contributed by atoms with Gasteiger partial charge in [0.15, 0.2) is 0 Å². The molecule has 0 unspecified atom stereocenters. The van der Waals surface area contributed by atoms with Crippen LogP contribution >= 0.6 is 0 Å². The van der Waals surface area contributed by atoms with Crippen molar-refractivity contribution in [3.63, 3.8) is 0 Å². The van der Waals surface area contributed by atoms with Crippen LogP contribution in [0.3, 0.4) is 0 Å². The molecule has 0 aliphatic heterocycles. The number of aryl methyl sites for hydroxylation is 1. The Hall–Kier alpha value is -3.86. The van der Waals surface area contributed by atoms with Gasteiger partial charge in [0, 0.05) is 24.1 Å². The van der Waals surface area contributed by atoms with E-state index < -0.39 is 17.8 Å². The van der Waals surface area contributed by atoms with E-state index in [0.717, 1.165) is 6.07 Å². The maximum absolute atomic E-state index is 11.7. The van der Waals surface area contributed by atoms with Crippen molar-refractivity contribution in [2.24, 2.45) is 0 Å². The average Bonchev–Trinajstić information content (AvgIpc) is 2.91. The number of aromatic carboxylic acids is 2. The molecule has 0 aliphatic rings. The van der Waals surface area contributed by atoms with Gasteiger partial charge in [0.2, 0.25) is 0 Å². The molecule has 2 rings (SSSR count). The smallest absolute Gasteiger partial charge is 0.335 e. The first kappa shape index (κ1) is 19.5. The summed E-state index contributed by atoms with van der Waals surface area (Å²) in [6.45, 7) is 3.48. The molecule has 0 spiro atoms. The molecule has 3 N–H and O–H groups in total. The van der Waals surface area contributed by atoms with Gasteiger partial charge in [-0.15, -0.1) is 0 Å². The Labute approximate surface area is 155 Å². The zero-order valence-electron chi connectivity index (χ0n) is 14.9. The van der Waals surface area contributed by atoms with Crippen molar-refractivity contribution in [2.75, 3.05) is 7.05 Å². The van der Waals surface area contributed by atoms with Crippen LogP contribution in [-0.4, -0.2) is 39.7 Å². The van der Waals surface area contributed by atoms with Crippen molar-refractivity contribution < 1.29 is 24.6 Å². The van der Waals surface area contributed by atoms with Gasteiger partial charge in [-0.3, -0.25) is 4.79 Å². The van der Waals surface area contributed by atoms with E-state index in [-0.39, 0.29) is 16.7 Å². The summed E-state index contributed by atoms with van der Waals surface area (Å²) >= 11 is 0. The molecule has 2 aromatic rings. The van der Waals surface area contributed by atoms with E-state index in [1.54, 1.807) is 24.5 Å². The number of nitrogens with zero attached hydrogens (tertiary/aromatic N) is 2. The molecular formula is C19H17N3O5. The van der Waals surface area contributed by atoms with Crippen molar-refractivity contribution in [3.8, 4) is 11.8 Å². The summed E-state index contributed by atoms with van der Waals surface area (Å²) in [5.74, 6) is -3.01. The average molecular weight is 367 g/mol. The molecule has 27 heavy (non-hydrogen) atoms. The zero-order chi connectivity index (χ0) is 20.3. The molecule has 0 bridgehead atoms. The number of carboxylic acids is 2. The lowest BCUT2D eigenvalue weighted by Crippen LogP contribution is -2.19. The van der Waals surface area contributed by atoms with Gasteiger partial charge in [-0.1, -0.05) is 0 Å². The SMILES string of the molecule is CNC(=O)/C(C#N)=C\c1cc(C)n(-c2cc(C(=O)O)cc(C(=O)O)c2)c1C. The molecule has 0 atom stereocenters. The van der Waals surface area contributed by atoms with Crippen molar-refractivity contribution in [1.82, 2.24) is 9.88 Å². The lowest BCUT2D eigenvalue weighted by atomic mass is 10.1. The fourth-order valence-electron chi connectivity index (χ4n) is 2.76. The summed E-state index contributed by atoms with van der Waals surface area (Å²) < 4.78 is 1.67. The molecule has 1 amide bonds. The Balaban J connectivity index is 2.69. The fraction of sp³-hybridized carbons (Fsp3) is 0.158. The number of nitrogens with one attached hydrogen (secondary N) is 1. The summed E-state index contributed by atoms with van der Waals surface area (Å²) in [5, 5.41) is 30.0. The number of carbonyl (C=O) groups excluding carboxylic acids is 1. The summed E-state index contributed by atoms with van der Waals surface area (Å²) in [4.78, 5) is 34.4. The predicted molar refractivity (Wildman–Crippen MR) is 96.8 cm³/mol. The lowest BCUT2D eigenvalue weighted by molar-refractivity contribution is -0.116. The highest BCUT2D eigenvalue weighted by Gasteiger charge is 2.17. The largest absolute Gasteiger partial charge is 0.478 e. The summed E-state index contributed by atoms with van der Waals surface area (Å²) in [5.41, 5.74) is 1.87. The molecule has 0 saturated carbocycles. The van der Waals surface area contributed by atoms with Gasteiger partial charge in [0.1, 0.15) is 11.6 Å². The van der Waals surface area contributed by atoms with Crippen LogP contribution in [0.5, 0.6) is 0 Å². The highest BCUT2D eigenvalue weighted by Crippen LogP contribution is 2.25. The summed E-state index contributed by atoms with van der Waals surface area (Å²) in [6, 6.07) is 7.38. The quantitative estimate of drug-likeness (QED) is 0.548. The van der Waals surface area contributed by atoms with Gasteiger partial charge in [-0.05, 0) is 49.8 Å². The number of benzene rings is 1. The Morgan fingerprint density at radius 3 is 2.07 bits per heavy atom. The van der Waals surface area contributed by atoms with E-state index in [0.29, 0.717) is 22.6 Å². The van der Waals surface area contributed by atoms with Gasteiger partial charge in [0.25, 0.3) is 5.91 Å². The number of carboxylic acid groups (broad SMARTS) is 2. The maximum Gasteiger partial charge on any atom is 0.335 e. The van der Waals surface area contributed by atoms with Crippen LogP contribution in [0, 0.1) is 25.2 Å². The molecule has 0 saturated heterocycles. The van der Waals surface area contributed by atoms with Gasteiger partial charge < -0.3 is 20.1 Å². The Bertz CT molecular complexity index is 992.